The zero-order valence-electron chi connectivity index (χ0n) is 13.5. The first-order chi connectivity index (χ1) is 11.2. The van der Waals surface area contributed by atoms with Crippen LogP contribution in [0.3, 0.4) is 0 Å². The summed E-state index contributed by atoms with van der Waals surface area (Å²) in [6, 6.07) is 2.01. The van der Waals surface area contributed by atoms with Crippen LogP contribution >= 0.6 is 11.3 Å². The fourth-order valence-electron chi connectivity index (χ4n) is 2.75. The number of H-pyrrole nitrogens is 1. The van der Waals surface area contributed by atoms with Gasteiger partial charge in [0.2, 0.25) is 5.91 Å². The molecule has 1 fully saturated rings. The Kier molecular flexibility index (Phi) is 5.07. The van der Waals surface area contributed by atoms with Gasteiger partial charge in [0.15, 0.2) is 5.82 Å². The molecule has 3 rings (SSSR count). The molecule has 1 aliphatic heterocycles. The minimum absolute atomic E-state index is 0.122. The molecule has 0 radical (unpaired) electrons. The van der Waals surface area contributed by atoms with Gasteiger partial charge in [-0.3, -0.25) is 9.89 Å². The SMILES string of the molecule is CCCc1nc([C@H]2CN(C(=O)[C@@H](C)c3ccsc3)CCO2)n[nH]1. The van der Waals surface area contributed by atoms with Crippen LogP contribution in [0.2, 0.25) is 0 Å². The van der Waals surface area contributed by atoms with Crippen molar-refractivity contribution in [1.82, 2.24) is 20.1 Å². The van der Waals surface area contributed by atoms with Crippen LogP contribution in [0.25, 0.3) is 0 Å². The zero-order chi connectivity index (χ0) is 16.2. The summed E-state index contributed by atoms with van der Waals surface area (Å²) in [7, 11) is 0. The molecule has 23 heavy (non-hydrogen) atoms. The van der Waals surface area contributed by atoms with Gasteiger partial charge in [-0.25, -0.2) is 4.98 Å². The molecule has 0 aromatic carbocycles. The maximum Gasteiger partial charge on any atom is 0.230 e. The maximum atomic E-state index is 12.7. The molecule has 0 bridgehead atoms. The highest BCUT2D eigenvalue weighted by Gasteiger charge is 2.30. The molecule has 1 N–H and O–H groups in total. The van der Waals surface area contributed by atoms with Gasteiger partial charge in [-0.15, -0.1) is 0 Å². The van der Waals surface area contributed by atoms with Gasteiger partial charge in [0.05, 0.1) is 19.1 Å². The summed E-state index contributed by atoms with van der Waals surface area (Å²) in [4.78, 5) is 19.1. The van der Waals surface area contributed by atoms with E-state index in [0.29, 0.717) is 25.5 Å². The summed E-state index contributed by atoms with van der Waals surface area (Å²) >= 11 is 1.62. The number of rotatable bonds is 5. The number of hydrogen-bond acceptors (Lipinski definition) is 5. The Bertz CT molecular complexity index is 640. The fraction of sp³-hybridized carbons (Fsp3) is 0.562. The molecular formula is C16H22N4O2S. The van der Waals surface area contributed by atoms with E-state index in [0.717, 1.165) is 24.2 Å². The average molecular weight is 334 g/mol. The van der Waals surface area contributed by atoms with Gasteiger partial charge in [-0.1, -0.05) is 6.92 Å². The normalized spacial score (nSPS) is 19.7. The number of ether oxygens (including phenoxy) is 1. The molecule has 2 atom stereocenters. The number of hydrogen-bond donors (Lipinski definition) is 1. The predicted molar refractivity (Wildman–Crippen MR) is 88.4 cm³/mol. The molecule has 2 aromatic rings. The quantitative estimate of drug-likeness (QED) is 0.912. The van der Waals surface area contributed by atoms with E-state index in [-0.39, 0.29) is 17.9 Å². The first kappa shape index (κ1) is 16.1. The Balaban J connectivity index is 1.66. The molecule has 6 nitrogen and oxygen atoms in total. The van der Waals surface area contributed by atoms with Crippen molar-refractivity contribution in [3.05, 3.63) is 34.0 Å². The number of nitrogens with zero attached hydrogens (tertiary/aromatic N) is 3. The zero-order valence-corrected chi connectivity index (χ0v) is 14.3. The van der Waals surface area contributed by atoms with Crippen LogP contribution in [0.5, 0.6) is 0 Å². The average Bonchev–Trinajstić information content (AvgIpc) is 3.26. The molecular weight excluding hydrogens is 312 g/mol. The highest BCUT2D eigenvalue weighted by atomic mass is 32.1. The van der Waals surface area contributed by atoms with E-state index < -0.39 is 0 Å². The van der Waals surface area contributed by atoms with Crippen LogP contribution < -0.4 is 0 Å². The van der Waals surface area contributed by atoms with E-state index in [2.05, 4.69) is 22.1 Å². The number of carbonyl (C=O) groups is 1. The lowest BCUT2D eigenvalue weighted by Crippen LogP contribution is -2.44. The van der Waals surface area contributed by atoms with Crippen LogP contribution in [0, 0.1) is 0 Å². The third kappa shape index (κ3) is 3.61. The van der Waals surface area contributed by atoms with Crippen LogP contribution in [-0.4, -0.2) is 45.7 Å². The van der Waals surface area contributed by atoms with E-state index >= 15 is 0 Å². The second kappa shape index (κ2) is 7.23. The van der Waals surface area contributed by atoms with Crippen molar-refractivity contribution in [2.75, 3.05) is 19.7 Å². The summed E-state index contributed by atoms with van der Waals surface area (Å²) in [6.45, 7) is 5.71. The Morgan fingerprint density at radius 1 is 1.61 bits per heavy atom. The number of morpholine rings is 1. The molecule has 0 aliphatic carbocycles. The molecule has 0 spiro atoms. The molecule has 1 aliphatic rings. The van der Waals surface area contributed by atoms with E-state index in [1.807, 2.05) is 28.7 Å². The highest BCUT2D eigenvalue weighted by molar-refractivity contribution is 7.08. The van der Waals surface area contributed by atoms with E-state index in [1.54, 1.807) is 11.3 Å². The van der Waals surface area contributed by atoms with Gasteiger partial charge in [0.25, 0.3) is 0 Å². The van der Waals surface area contributed by atoms with Gasteiger partial charge >= 0.3 is 0 Å². The van der Waals surface area contributed by atoms with E-state index in [1.165, 1.54) is 0 Å². The molecule has 2 aromatic heterocycles. The van der Waals surface area contributed by atoms with Crippen LogP contribution in [0.4, 0.5) is 0 Å². The summed E-state index contributed by atoms with van der Waals surface area (Å²) in [5.74, 6) is 1.54. The van der Waals surface area contributed by atoms with Crippen molar-refractivity contribution in [1.29, 1.82) is 0 Å². The first-order valence-electron chi connectivity index (χ1n) is 8.02. The minimum Gasteiger partial charge on any atom is -0.366 e. The number of amides is 1. The molecule has 1 saturated heterocycles. The Labute approximate surface area is 139 Å². The van der Waals surface area contributed by atoms with Crippen molar-refractivity contribution >= 4 is 17.2 Å². The molecule has 7 heteroatoms. The Morgan fingerprint density at radius 2 is 2.48 bits per heavy atom. The third-order valence-electron chi connectivity index (χ3n) is 4.12. The minimum atomic E-state index is -0.246. The summed E-state index contributed by atoms with van der Waals surface area (Å²) < 4.78 is 5.77. The molecule has 0 unspecified atom stereocenters. The largest absolute Gasteiger partial charge is 0.366 e. The highest BCUT2D eigenvalue weighted by Crippen LogP contribution is 2.25. The topological polar surface area (TPSA) is 71.1 Å². The molecule has 3 heterocycles. The van der Waals surface area contributed by atoms with Gasteiger partial charge in [-0.05, 0) is 35.7 Å². The van der Waals surface area contributed by atoms with Gasteiger partial charge in [0, 0.05) is 13.0 Å². The molecule has 1 amide bonds. The van der Waals surface area contributed by atoms with Crippen LogP contribution in [-0.2, 0) is 16.0 Å². The second-order valence-corrected chi connectivity index (χ2v) is 6.59. The standard InChI is InChI=1S/C16H22N4O2S/c1-3-4-14-17-15(19-18-14)13-9-20(6-7-22-13)16(21)11(2)12-5-8-23-10-12/h5,8,10-11,13H,3-4,6-7,9H2,1-2H3,(H,17,18,19)/t11-,13+/m0/s1. The lowest BCUT2D eigenvalue weighted by molar-refractivity contribution is -0.140. The first-order valence-corrected chi connectivity index (χ1v) is 8.97. The molecule has 0 saturated carbocycles. The van der Waals surface area contributed by atoms with Crippen molar-refractivity contribution in [3.8, 4) is 0 Å². The van der Waals surface area contributed by atoms with Crippen molar-refractivity contribution in [3.63, 3.8) is 0 Å². The van der Waals surface area contributed by atoms with E-state index in [4.69, 9.17) is 4.74 Å². The summed E-state index contributed by atoms with van der Waals surface area (Å²) in [5.41, 5.74) is 1.08. The van der Waals surface area contributed by atoms with Crippen molar-refractivity contribution < 1.29 is 9.53 Å². The number of aryl methyl sites for hydroxylation is 1. The summed E-state index contributed by atoms with van der Waals surface area (Å²) in [6.07, 6.45) is 1.64. The van der Waals surface area contributed by atoms with Crippen molar-refractivity contribution in [2.45, 2.75) is 38.7 Å². The Morgan fingerprint density at radius 3 is 3.22 bits per heavy atom. The Hall–Kier alpha value is -1.73. The smallest absolute Gasteiger partial charge is 0.230 e. The van der Waals surface area contributed by atoms with Gasteiger partial charge in [-0.2, -0.15) is 16.4 Å². The number of aromatic amines is 1. The second-order valence-electron chi connectivity index (χ2n) is 5.81. The lowest BCUT2D eigenvalue weighted by Gasteiger charge is -2.33. The summed E-state index contributed by atoms with van der Waals surface area (Å²) in [5, 5.41) is 11.2. The van der Waals surface area contributed by atoms with Gasteiger partial charge in [0.1, 0.15) is 11.9 Å². The number of nitrogens with one attached hydrogen (secondary N) is 1. The van der Waals surface area contributed by atoms with Crippen LogP contribution in [0.1, 0.15) is 49.5 Å². The van der Waals surface area contributed by atoms with E-state index in [9.17, 15) is 4.79 Å². The fourth-order valence-corrected chi connectivity index (χ4v) is 3.50. The number of carbonyl (C=O) groups excluding carboxylic acids is 1. The predicted octanol–water partition coefficient (Wildman–Crippen LogP) is 2.52. The maximum absolute atomic E-state index is 12.7. The van der Waals surface area contributed by atoms with Crippen molar-refractivity contribution in [2.24, 2.45) is 0 Å². The number of thiophene rings is 1. The van der Waals surface area contributed by atoms with Crippen LogP contribution in [0.15, 0.2) is 16.8 Å². The van der Waals surface area contributed by atoms with Gasteiger partial charge < -0.3 is 9.64 Å². The third-order valence-corrected chi connectivity index (χ3v) is 4.82. The lowest BCUT2D eigenvalue weighted by atomic mass is 10.0. The number of aromatic nitrogens is 3. The molecule has 124 valence electrons. The monoisotopic (exact) mass is 334 g/mol.